The molecule has 0 saturated heterocycles. The highest BCUT2D eigenvalue weighted by Crippen LogP contribution is 2.35. The average molecular weight is 295 g/mol. The van der Waals surface area contributed by atoms with Gasteiger partial charge in [-0.25, -0.2) is 0 Å². The molecule has 3 nitrogen and oxygen atoms in total. The van der Waals surface area contributed by atoms with Crippen LogP contribution < -0.4 is 4.74 Å². The van der Waals surface area contributed by atoms with Gasteiger partial charge in [0.05, 0.1) is 13.2 Å². The van der Waals surface area contributed by atoms with Crippen LogP contribution in [0.25, 0.3) is 0 Å². The molecule has 114 valence electrons. The molecule has 2 aromatic rings. The Hall–Kier alpha value is -2.13. The number of benzene rings is 2. The summed E-state index contributed by atoms with van der Waals surface area (Å²) in [6.07, 6.45) is 0. The smallest absolute Gasteiger partial charge is 0.180 e. The van der Waals surface area contributed by atoms with Crippen LogP contribution in [0.5, 0.6) is 5.75 Å². The zero-order valence-corrected chi connectivity index (χ0v) is 13.2. The lowest BCUT2D eigenvalue weighted by atomic mass is 9.88. The van der Waals surface area contributed by atoms with Crippen LogP contribution in [0.3, 0.4) is 0 Å². The Morgan fingerprint density at radius 1 is 1.05 bits per heavy atom. The highest BCUT2D eigenvalue weighted by Gasteiger charge is 2.35. The van der Waals surface area contributed by atoms with Gasteiger partial charge >= 0.3 is 0 Å². The lowest BCUT2D eigenvalue weighted by Crippen LogP contribution is -2.44. The quantitative estimate of drug-likeness (QED) is 0.861. The van der Waals surface area contributed by atoms with Crippen LogP contribution in [0.4, 0.5) is 0 Å². The van der Waals surface area contributed by atoms with Gasteiger partial charge in [0.2, 0.25) is 0 Å². The van der Waals surface area contributed by atoms with Gasteiger partial charge in [-0.05, 0) is 43.2 Å². The Morgan fingerprint density at radius 3 is 2.45 bits per heavy atom. The van der Waals surface area contributed by atoms with Crippen LogP contribution in [0.1, 0.15) is 41.4 Å². The van der Waals surface area contributed by atoms with Gasteiger partial charge in [-0.2, -0.15) is 0 Å². The predicted molar refractivity (Wildman–Crippen MR) is 87.2 cm³/mol. The highest BCUT2D eigenvalue weighted by atomic mass is 16.5. The van der Waals surface area contributed by atoms with E-state index in [0.717, 1.165) is 23.4 Å². The number of carbonyl (C=O) groups excluding carboxylic acids is 1. The van der Waals surface area contributed by atoms with E-state index < -0.39 is 0 Å². The molecule has 22 heavy (non-hydrogen) atoms. The average Bonchev–Trinajstić information content (AvgIpc) is 2.57. The van der Waals surface area contributed by atoms with E-state index in [-0.39, 0.29) is 17.9 Å². The number of fused-ring (bicyclic) bond motifs is 1. The maximum Gasteiger partial charge on any atom is 0.180 e. The monoisotopic (exact) mass is 295 g/mol. The summed E-state index contributed by atoms with van der Waals surface area (Å²) in [5, 5.41) is 0. The maximum absolute atomic E-state index is 12.7. The van der Waals surface area contributed by atoms with Crippen molar-refractivity contribution in [2.24, 2.45) is 0 Å². The molecule has 0 saturated carbocycles. The summed E-state index contributed by atoms with van der Waals surface area (Å²) in [6.45, 7) is 4.92. The van der Waals surface area contributed by atoms with Crippen LogP contribution in [0.2, 0.25) is 0 Å². The number of ketones is 1. The minimum absolute atomic E-state index is 0.115. The number of hydrogen-bond donors (Lipinski definition) is 0. The van der Waals surface area contributed by atoms with Gasteiger partial charge in [0, 0.05) is 18.2 Å². The molecule has 1 heterocycles. The van der Waals surface area contributed by atoms with Gasteiger partial charge in [0.1, 0.15) is 5.75 Å². The molecule has 0 amide bonds. The summed E-state index contributed by atoms with van der Waals surface area (Å²) in [5.74, 6) is 0.985. The Kier molecular flexibility index (Phi) is 3.99. The van der Waals surface area contributed by atoms with E-state index in [2.05, 4.69) is 24.0 Å². The van der Waals surface area contributed by atoms with Crippen molar-refractivity contribution in [3.8, 4) is 5.75 Å². The van der Waals surface area contributed by atoms with Crippen LogP contribution in [-0.4, -0.2) is 23.8 Å². The van der Waals surface area contributed by atoms with Crippen LogP contribution >= 0.6 is 0 Å². The van der Waals surface area contributed by atoms with Crippen molar-refractivity contribution in [3.05, 3.63) is 65.2 Å². The third-order valence-corrected chi connectivity index (χ3v) is 4.56. The topological polar surface area (TPSA) is 29.5 Å². The van der Waals surface area contributed by atoms with Gasteiger partial charge < -0.3 is 4.74 Å². The van der Waals surface area contributed by atoms with Crippen LogP contribution in [0.15, 0.2) is 48.5 Å². The molecule has 3 rings (SSSR count). The SMILES string of the molecule is COc1ccc2c(c1)C(C)N(Cc1ccccc1)C(C)C2=O. The molecular formula is C19H21NO2. The Labute approximate surface area is 131 Å². The first-order valence-corrected chi connectivity index (χ1v) is 7.63. The largest absolute Gasteiger partial charge is 0.497 e. The minimum atomic E-state index is -0.115. The summed E-state index contributed by atoms with van der Waals surface area (Å²) in [4.78, 5) is 14.9. The molecule has 1 aliphatic rings. The standard InChI is InChI=1S/C19H21NO2/c1-13-18-11-16(22-3)9-10-17(18)19(21)14(2)20(13)12-15-7-5-4-6-8-15/h4-11,13-14H,12H2,1-3H3. The highest BCUT2D eigenvalue weighted by molar-refractivity contribution is 6.02. The lowest BCUT2D eigenvalue weighted by Gasteiger charge is -2.39. The van der Waals surface area contributed by atoms with E-state index in [1.165, 1.54) is 5.56 Å². The Balaban J connectivity index is 1.97. The third-order valence-electron chi connectivity index (χ3n) is 4.56. The van der Waals surface area contributed by atoms with Gasteiger partial charge in [-0.3, -0.25) is 9.69 Å². The summed E-state index contributed by atoms with van der Waals surface area (Å²) < 4.78 is 5.31. The van der Waals surface area contributed by atoms with Crippen LogP contribution in [-0.2, 0) is 6.54 Å². The first kappa shape index (κ1) is 14.8. The summed E-state index contributed by atoms with van der Waals surface area (Å²) in [5.41, 5.74) is 3.10. The van der Waals surface area contributed by atoms with Crippen molar-refractivity contribution < 1.29 is 9.53 Å². The number of ether oxygens (including phenoxy) is 1. The van der Waals surface area contributed by atoms with Crippen molar-refractivity contribution in [1.29, 1.82) is 0 Å². The van der Waals surface area contributed by atoms with Gasteiger partial charge in [0.25, 0.3) is 0 Å². The van der Waals surface area contributed by atoms with E-state index in [0.29, 0.717) is 0 Å². The zero-order chi connectivity index (χ0) is 15.7. The van der Waals surface area contributed by atoms with Crippen molar-refractivity contribution in [2.45, 2.75) is 32.5 Å². The van der Waals surface area contributed by atoms with Gasteiger partial charge in [-0.15, -0.1) is 0 Å². The predicted octanol–water partition coefficient (Wildman–Crippen LogP) is 3.84. The number of Topliss-reactive ketones (excluding diaryl/α,β-unsaturated/α-hetero) is 1. The summed E-state index contributed by atoms with van der Waals surface area (Å²) >= 11 is 0. The fourth-order valence-electron chi connectivity index (χ4n) is 3.20. The van der Waals surface area contributed by atoms with Crippen molar-refractivity contribution >= 4 is 5.78 Å². The van der Waals surface area contributed by atoms with E-state index in [1.807, 2.05) is 43.3 Å². The van der Waals surface area contributed by atoms with Crippen molar-refractivity contribution in [1.82, 2.24) is 4.90 Å². The molecule has 1 aliphatic heterocycles. The maximum atomic E-state index is 12.7. The fraction of sp³-hybridized carbons (Fsp3) is 0.316. The molecule has 2 atom stereocenters. The van der Waals surface area contributed by atoms with E-state index in [9.17, 15) is 4.79 Å². The molecule has 0 fully saturated rings. The summed E-state index contributed by atoms with van der Waals surface area (Å²) in [7, 11) is 1.65. The molecule has 0 radical (unpaired) electrons. The third kappa shape index (κ3) is 2.53. The van der Waals surface area contributed by atoms with Gasteiger partial charge in [-0.1, -0.05) is 30.3 Å². The first-order chi connectivity index (χ1) is 10.6. The number of nitrogens with zero attached hydrogens (tertiary/aromatic N) is 1. The molecule has 2 unspecified atom stereocenters. The zero-order valence-electron chi connectivity index (χ0n) is 13.2. The Bertz CT molecular complexity index is 681. The molecule has 0 spiro atoms. The lowest BCUT2D eigenvalue weighted by molar-refractivity contribution is 0.0700. The Morgan fingerprint density at radius 2 is 1.77 bits per heavy atom. The second-order valence-corrected chi connectivity index (χ2v) is 5.83. The van der Waals surface area contributed by atoms with Gasteiger partial charge in [0.15, 0.2) is 5.78 Å². The first-order valence-electron chi connectivity index (χ1n) is 7.63. The molecule has 0 N–H and O–H groups in total. The molecule has 0 aromatic heterocycles. The number of hydrogen-bond acceptors (Lipinski definition) is 3. The second kappa shape index (κ2) is 5.93. The van der Waals surface area contributed by atoms with E-state index in [1.54, 1.807) is 7.11 Å². The fourth-order valence-corrected chi connectivity index (χ4v) is 3.20. The normalized spacial score (nSPS) is 21.5. The summed E-state index contributed by atoms with van der Waals surface area (Å²) in [6, 6.07) is 16.1. The van der Waals surface area contributed by atoms with E-state index in [4.69, 9.17) is 4.74 Å². The number of carbonyl (C=O) groups is 1. The molecule has 0 bridgehead atoms. The van der Waals surface area contributed by atoms with Crippen molar-refractivity contribution in [3.63, 3.8) is 0 Å². The molecular weight excluding hydrogens is 274 g/mol. The number of rotatable bonds is 3. The molecule has 2 aromatic carbocycles. The minimum Gasteiger partial charge on any atom is -0.497 e. The van der Waals surface area contributed by atoms with Crippen LogP contribution in [0, 0.1) is 0 Å². The number of methoxy groups -OCH3 is 1. The molecule has 3 heteroatoms. The van der Waals surface area contributed by atoms with E-state index >= 15 is 0 Å². The second-order valence-electron chi connectivity index (χ2n) is 5.83. The molecule has 0 aliphatic carbocycles. The van der Waals surface area contributed by atoms with Crippen molar-refractivity contribution in [2.75, 3.05) is 7.11 Å².